The van der Waals surface area contributed by atoms with E-state index in [1.807, 2.05) is 0 Å². The number of hydrogen-bond donors (Lipinski definition) is 0. The monoisotopic (exact) mass is 468 g/mol. The minimum Gasteiger partial charge on any atom is -0.274 e. The predicted octanol–water partition coefficient (Wildman–Crippen LogP) is 5.55. The highest BCUT2D eigenvalue weighted by Crippen LogP contribution is 2.62. The molecule has 0 fully saturated rings. The molecule has 0 aromatic heterocycles. The molecule has 26 heavy (non-hydrogen) atoms. The van der Waals surface area contributed by atoms with Crippen molar-refractivity contribution in [3.05, 3.63) is 0 Å². The maximum absolute atomic E-state index is 12.9. The van der Waals surface area contributed by atoms with Gasteiger partial charge in [-0.1, -0.05) is 0 Å². The summed E-state index contributed by atoms with van der Waals surface area (Å²) in [7, 11) is 0. The maximum atomic E-state index is 12.9. The van der Waals surface area contributed by atoms with Crippen LogP contribution in [0.4, 0.5) is 65.9 Å². The Morgan fingerprint density at radius 3 is 0.962 bits per heavy atom. The average Bonchev–Trinajstić information content (AvgIpc) is 2.35. The minimum absolute atomic E-state index is 0. The number of carbonyl (C=O) groups excluding carboxylic acids is 1. The molecule has 0 saturated carbocycles. The van der Waals surface area contributed by atoms with E-state index in [-0.39, 0.29) is 12.4 Å². The van der Waals surface area contributed by atoms with Gasteiger partial charge >= 0.3 is 41.7 Å². The number of halogens is 17. The lowest BCUT2D eigenvalue weighted by atomic mass is 9.91. The van der Waals surface area contributed by atoms with Crippen LogP contribution in [0.25, 0.3) is 0 Å². The maximum Gasteiger partial charge on any atom is 0.460 e. The Morgan fingerprint density at radius 2 is 0.731 bits per heavy atom. The Labute approximate surface area is 142 Å². The fourth-order valence-corrected chi connectivity index (χ4v) is 1.21. The van der Waals surface area contributed by atoms with Crippen LogP contribution in [-0.2, 0) is 4.79 Å². The Kier molecular flexibility index (Phi) is 7.03. The van der Waals surface area contributed by atoms with Crippen LogP contribution < -0.4 is 0 Å². The van der Waals surface area contributed by atoms with Gasteiger partial charge in [0.1, 0.15) is 0 Å². The Hall–Kier alpha value is -0.800. The van der Waals surface area contributed by atoms with Gasteiger partial charge in [-0.25, -0.2) is 0 Å². The van der Waals surface area contributed by atoms with Gasteiger partial charge in [0.25, 0.3) is 5.24 Å². The molecule has 1 nitrogen and oxygen atoms in total. The zero-order valence-electron chi connectivity index (χ0n) is 10.9. The van der Waals surface area contributed by atoms with E-state index in [9.17, 15) is 70.7 Å². The molecule has 0 bridgehead atoms. The van der Waals surface area contributed by atoms with Gasteiger partial charge in [-0.3, -0.25) is 4.79 Å². The molecule has 0 aromatic carbocycles. The molecule has 0 heterocycles. The second kappa shape index (κ2) is 6.67. The van der Waals surface area contributed by atoms with Crippen LogP contribution in [0.15, 0.2) is 0 Å². The summed E-state index contributed by atoms with van der Waals surface area (Å²) in [4.78, 5) is 9.93. The number of alkyl halides is 15. The molecule has 0 spiro atoms. The van der Waals surface area contributed by atoms with Gasteiger partial charge < -0.3 is 0 Å². The van der Waals surface area contributed by atoms with E-state index in [0.29, 0.717) is 0 Å². The quantitative estimate of drug-likeness (QED) is 0.369. The highest BCUT2D eigenvalue weighted by atomic mass is 35.5. The summed E-state index contributed by atoms with van der Waals surface area (Å²) in [6.07, 6.45) is -7.67. The van der Waals surface area contributed by atoms with Crippen molar-refractivity contribution in [1.82, 2.24) is 0 Å². The van der Waals surface area contributed by atoms with Crippen LogP contribution in [0.1, 0.15) is 0 Å². The van der Waals surface area contributed by atoms with Gasteiger partial charge in [0.15, 0.2) is 0 Å². The molecule has 0 amide bonds. The standard InChI is InChI=1S/C8ClF15O.ClH/c9-1(25)2(10,11)3(12,13)4(14,15)5(16,17)6(18,19)7(20,21)8(22,23)24;/h;1H. The zero-order chi connectivity index (χ0) is 21.1. The van der Waals surface area contributed by atoms with E-state index in [4.69, 9.17) is 0 Å². The molecule has 0 aromatic rings. The summed E-state index contributed by atoms with van der Waals surface area (Å²) in [5.41, 5.74) is 0. The van der Waals surface area contributed by atoms with Gasteiger partial charge in [0.2, 0.25) is 0 Å². The van der Waals surface area contributed by atoms with E-state index in [2.05, 4.69) is 11.6 Å². The summed E-state index contributed by atoms with van der Waals surface area (Å²) in [5.74, 6) is -48.0. The first-order chi connectivity index (χ1) is 10.4. The second-order valence-electron chi connectivity index (χ2n) is 4.22. The van der Waals surface area contributed by atoms with Crippen LogP contribution in [0.3, 0.4) is 0 Å². The van der Waals surface area contributed by atoms with Crippen molar-refractivity contribution in [3.63, 3.8) is 0 Å². The topological polar surface area (TPSA) is 17.1 Å². The van der Waals surface area contributed by atoms with Gasteiger partial charge in [-0.05, 0) is 11.6 Å². The first-order valence-corrected chi connectivity index (χ1v) is 5.36. The third-order valence-corrected chi connectivity index (χ3v) is 2.81. The van der Waals surface area contributed by atoms with Crippen molar-refractivity contribution in [2.45, 2.75) is 41.7 Å². The van der Waals surface area contributed by atoms with Crippen molar-refractivity contribution in [2.75, 3.05) is 0 Å². The smallest absolute Gasteiger partial charge is 0.274 e. The van der Waals surface area contributed by atoms with E-state index >= 15 is 0 Å². The van der Waals surface area contributed by atoms with E-state index in [0.717, 1.165) is 0 Å². The zero-order valence-corrected chi connectivity index (χ0v) is 12.4. The lowest BCUT2D eigenvalue weighted by molar-refractivity contribution is -0.449. The van der Waals surface area contributed by atoms with Crippen molar-refractivity contribution in [3.8, 4) is 0 Å². The van der Waals surface area contributed by atoms with E-state index in [1.54, 1.807) is 0 Å². The number of carbonyl (C=O) groups is 1. The fraction of sp³-hybridized carbons (Fsp3) is 0.875. The molecule has 0 atom stereocenters. The van der Waals surface area contributed by atoms with Crippen molar-refractivity contribution >= 4 is 29.3 Å². The second-order valence-corrected chi connectivity index (χ2v) is 4.56. The Bertz CT molecular complexity index is 536. The van der Waals surface area contributed by atoms with Crippen LogP contribution in [0, 0.1) is 0 Å². The van der Waals surface area contributed by atoms with Gasteiger partial charge in [-0.2, -0.15) is 65.9 Å². The predicted molar refractivity (Wildman–Crippen MR) is 53.8 cm³/mol. The molecular formula is C8HCl2F15O. The average molecular weight is 469 g/mol. The Balaban J connectivity index is 0. The van der Waals surface area contributed by atoms with Gasteiger partial charge in [-0.15, -0.1) is 12.4 Å². The third kappa shape index (κ3) is 3.26. The van der Waals surface area contributed by atoms with Crippen molar-refractivity contribution < 1.29 is 70.7 Å². The summed E-state index contributed by atoms with van der Waals surface area (Å²) in [6.45, 7) is 0. The molecule has 0 rings (SSSR count). The normalized spacial score (nSPS) is 15.5. The first kappa shape index (κ1) is 27.4. The van der Waals surface area contributed by atoms with Crippen LogP contribution in [0.5, 0.6) is 0 Å². The van der Waals surface area contributed by atoms with Gasteiger partial charge in [0.05, 0.1) is 0 Å². The molecule has 0 N–H and O–H groups in total. The molecule has 0 aliphatic carbocycles. The summed E-state index contributed by atoms with van der Waals surface area (Å²) < 4.78 is 187. The number of rotatable bonds is 6. The summed E-state index contributed by atoms with van der Waals surface area (Å²) >= 11 is 3.72. The van der Waals surface area contributed by atoms with E-state index < -0.39 is 47.0 Å². The lowest BCUT2D eigenvalue weighted by Crippen LogP contribution is -2.73. The molecule has 0 radical (unpaired) electrons. The highest BCUT2D eigenvalue weighted by molar-refractivity contribution is 6.65. The molecule has 18 heteroatoms. The molecule has 0 aliphatic rings. The molecule has 0 saturated heterocycles. The van der Waals surface area contributed by atoms with Gasteiger partial charge in [0, 0.05) is 0 Å². The minimum atomic E-state index is -8.42. The van der Waals surface area contributed by atoms with Crippen molar-refractivity contribution in [1.29, 1.82) is 0 Å². The third-order valence-electron chi connectivity index (χ3n) is 2.57. The largest absolute Gasteiger partial charge is 0.460 e. The molecule has 0 aliphatic heterocycles. The summed E-state index contributed by atoms with van der Waals surface area (Å²) in [6, 6.07) is 0. The first-order valence-electron chi connectivity index (χ1n) is 4.98. The van der Waals surface area contributed by atoms with E-state index in [1.165, 1.54) is 0 Å². The molecule has 158 valence electrons. The van der Waals surface area contributed by atoms with Crippen molar-refractivity contribution in [2.24, 2.45) is 0 Å². The highest BCUT2D eigenvalue weighted by Gasteiger charge is 2.93. The lowest BCUT2D eigenvalue weighted by Gasteiger charge is -2.40. The molecule has 0 unspecified atom stereocenters. The Morgan fingerprint density at radius 1 is 0.500 bits per heavy atom. The van der Waals surface area contributed by atoms with Crippen LogP contribution >= 0.6 is 24.0 Å². The molecular weight excluding hydrogens is 468 g/mol. The number of hydrogen-bond acceptors (Lipinski definition) is 1. The summed E-state index contributed by atoms with van der Waals surface area (Å²) in [5, 5.41) is -3.81. The fourth-order valence-electron chi connectivity index (χ4n) is 1.09. The SMILES string of the molecule is Cl.O=C(Cl)C(F)(F)C(F)(F)C(F)(F)C(F)(F)C(F)(F)C(F)(F)C(F)(F)F. The van der Waals surface area contributed by atoms with Crippen LogP contribution in [0.2, 0.25) is 0 Å². The van der Waals surface area contributed by atoms with Crippen LogP contribution in [-0.4, -0.2) is 47.0 Å².